The molecular weight excluding hydrogens is 338 g/mol. The van der Waals surface area contributed by atoms with Gasteiger partial charge in [0.15, 0.2) is 5.75 Å². The standard InChI is InChI=1S/C18H23N3O3S/c22-21(23)17-5-1-2-6-18(17)24-14-13-20-11-9-19(10-12-20)8-7-16-4-3-15-25-16/h1-6,15H,7-14H2. The lowest BCUT2D eigenvalue weighted by Crippen LogP contribution is -2.47. The molecular formula is C18H23N3O3S. The zero-order valence-electron chi connectivity index (χ0n) is 14.2. The van der Waals surface area contributed by atoms with Crippen LogP contribution in [0.3, 0.4) is 0 Å². The smallest absolute Gasteiger partial charge is 0.310 e. The molecule has 1 aliphatic rings. The second-order valence-corrected chi connectivity index (χ2v) is 7.12. The molecule has 0 unspecified atom stereocenters. The van der Waals surface area contributed by atoms with Crippen molar-refractivity contribution in [3.05, 3.63) is 56.8 Å². The topological polar surface area (TPSA) is 58.9 Å². The van der Waals surface area contributed by atoms with E-state index in [9.17, 15) is 10.1 Å². The Balaban J connectivity index is 1.36. The molecule has 134 valence electrons. The lowest BCUT2D eigenvalue weighted by molar-refractivity contribution is -0.385. The third-order valence-electron chi connectivity index (χ3n) is 4.45. The predicted molar refractivity (Wildman–Crippen MR) is 99.5 cm³/mol. The molecule has 0 atom stereocenters. The maximum Gasteiger partial charge on any atom is 0.310 e. The Hall–Kier alpha value is -1.96. The minimum absolute atomic E-state index is 0.0286. The van der Waals surface area contributed by atoms with E-state index in [-0.39, 0.29) is 5.69 Å². The van der Waals surface area contributed by atoms with Crippen molar-refractivity contribution in [1.82, 2.24) is 9.80 Å². The van der Waals surface area contributed by atoms with E-state index in [2.05, 4.69) is 27.3 Å². The van der Waals surface area contributed by atoms with E-state index < -0.39 is 4.92 Å². The number of nitro groups is 1. The van der Waals surface area contributed by atoms with Crippen LogP contribution in [0.4, 0.5) is 5.69 Å². The SMILES string of the molecule is O=[N+]([O-])c1ccccc1OCCN1CCN(CCc2cccs2)CC1. The number of rotatable bonds is 8. The monoisotopic (exact) mass is 361 g/mol. The number of para-hydroxylation sites is 2. The molecule has 0 amide bonds. The number of piperazine rings is 1. The van der Waals surface area contributed by atoms with Crippen molar-refractivity contribution in [1.29, 1.82) is 0 Å². The van der Waals surface area contributed by atoms with Gasteiger partial charge in [-0.05, 0) is 23.9 Å². The van der Waals surface area contributed by atoms with Crippen molar-refractivity contribution in [3.8, 4) is 5.75 Å². The summed E-state index contributed by atoms with van der Waals surface area (Å²) in [6.07, 6.45) is 1.12. The molecule has 0 bridgehead atoms. The number of thiophene rings is 1. The number of benzene rings is 1. The molecule has 0 N–H and O–H groups in total. The number of hydrogen-bond acceptors (Lipinski definition) is 6. The second-order valence-electron chi connectivity index (χ2n) is 6.09. The fourth-order valence-electron chi connectivity index (χ4n) is 2.97. The van der Waals surface area contributed by atoms with Gasteiger partial charge in [0.2, 0.25) is 0 Å². The third kappa shape index (κ3) is 5.26. The highest BCUT2D eigenvalue weighted by molar-refractivity contribution is 7.09. The molecule has 1 aliphatic heterocycles. The summed E-state index contributed by atoms with van der Waals surface area (Å²) in [5.74, 6) is 0.349. The zero-order valence-corrected chi connectivity index (χ0v) is 15.0. The van der Waals surface area contributed by atoms with Crippen LogP contribution in [0.2, 0.25) is 0 Å². The first-order valence-corrected chi connectivity index (χ1v) is 9.43. The van der Waals surface area contributed by atoms with Crippen molar-refractivity contribution in [2.24, 2.45) is 0 Å². The van der Waals surface area contributed by atoms with Gasteiger partial charge in [-0.25, -0.2) is 0 Å². The van der Waals surface area contributed by atoms with E-state index in [4.69, 9.17) is 4.74 Å². The summed E-state index contributed by atoms with van der Waals surface area (Å²) in [5, 5.41) is 13.1. The molecule has 2 aromatic rings. The van der Waals surface area contributed by atoms with E-state index in [1.54, 1.807) is 18.2 Å². The van der Waals surface area contributed by atoms with Gasteiger partial charge >= 0.3 is 5.69 Å². The van der Waals surface area contributed by atoms with Crippen LogP contribution in [0.15, 0.2) is 41.8 Å². The maximum absolute atomic E-state index is 11.0. The average Bonchev–Trinajstić information content (AvgIpc) is 3.15. The first-order valence-electron chi connectivity index (χ1n) is 8.55. The van der Waals surface area contributed by atoms with Crippen molar-refractivity contribution in [2.75, 3.05) is 45.9 Å². The second kappa shape index (κ2) is 8.94. The maximum atomic E-state index is 11.0. The molecule has 1 aromatic carbocycles. The number of nitrogens with zero attached hydrogens (tertiary/aromatic N) is 3. The van der Waals surface area contributed by atoms with Crippen LogP contribution in [0.5, 0.6) is 5.75 Å². The van der Waals surface area contributed by atoms with E-state index in [1.165, 1.54) is 10.9 Å². The van der Waals surface area contributed by atoms with Gasteiger partial charge in [-0.1, -0.05) is 18.2 Å². The van der Waals surface area contributed by atoms with Gasteiger partial charge in [-0.2, -0.15) is 0 Å². The lowest BCUT2D eigenvalue weighted by atomic mass is 10.2. The van der Waals surface area contributed by atoms with Crippen molar-refractivity contribution >= 4 is 17.0 Å². The molecule has 0 aliphatic carbocycles. The van der Waals surface area contributed by atoms with E-state index in [1.807, 2.05) is 11.3 Å². The molecule has 0 spiro atoms. The van der Waals surface area contributed by atoms with Crippen LogP contribution in [-0.2, 0) is 6.42 Å². The number of hydrogen-bond donors (Lipinski definition) is 0. The normalized spacial score (nSPS) is 16.0. The quantitative estimate of drug-likeness (QED) is 0.534. The fraction of sp³-hybridized carbons (Fsp3) is 0.444. The Kier molecular flexibility index (Phi) is 6.38. The molecule has 0 radical (unpaired) electrons. The Morgan fingerprint density at radius 3 is 2.44 bits per heavy atom. The molecule has 2 heterocycles. The van der Waals surface area contributed by atoms with Crippen LogP contribution in [-0.4, -0.2) is 60.6 Å². The fourth-order valence-corrected chi connectivity index (χ4v) is 3.67. The summed E-state index contributed by atoms with van der Waals surface area (Å²) < 4.78 is 5.63. The van der Waals surface area contributed by atoms with Gasteiger partial charge in [0.25, 0.3) is 0 Å². The van der Waals surface area contributed by atoms with Gasteiger partial charge in [0.1, 0.15) is 6.61 Å². The van der Waals surface area contributed by atoms with Crippen molar-refractivity contribution in [3.63, 3.8) is 0 Å². The summed E-state index contributed by atoms with van der Waals surface area (Å²) >= 11 is 1.82. The number of ether oxygens (including phenoxy) is 1. The summed E-state index contributed by atoms with van der Waals surface area (Å²) in [6, 6.07) is 10.8. The third-order valence-corrected chi connectivity index (χ3v) is 5.38. The summed E-state index contributed by atoms with van der Waals surface area (Å²) in [7, 11) is 0. The molecule has 1 fully saturated rings. The van der Waals surface area contributed by atoms with Crippen LogP contribution in [0.25, 0.3) is 0 Å². The van der Waals surface area contributed by atoms with Crippen molar-refractivity contribution < 1.29 is 9.66 Å². The highest BCUT2D eigenvalue weighted by Crippen LogP contribution is 2.25. The van der Waals surface area contributed by atoms with Gasteiger partial charge < -0.3 is 9.64 Å². The molecule has 7 heteroatoms. The minimum Gasteiger partial charge on any atom is -0.485 e. The van der Waals surface area contributed by atoms with Gasteiger partial charge in [0, 0.05) is 50.2 Å². The Bertz CT molecular complexity index is 670. The van der Waals surface area contributed by atoms with E-state index >= 15 is 0 Å². The van der Waals surface area contributed by atoms with Gasteiger partial charge in [-0.3, -0.25) is 15.0 Å². The average molecular weight is 361 g/mol. The highest BCUT2D eigenvalue weighted by atomic mass is 32.1. The molecule has 3 rings (SSSR count). The molecule has 0 saturated carbocycles. The first-order chi connectivity index (χ1) is 12.2. The van der Waals surface area contributed by atoms with Crippen molar-refractivity contribution in [2.45, 2.75) is 6.42 Å². The highest BCUT2D eigenvalue weighted by Gasteiger charge is 2.18. The zero-order chi connectivity index (χ0) is 17.5. The minimum atomic E-state index is -0.401. The van der Waals surface area contributed by atoms with Crippen LogP contribution < -0.4 is 4.74 Å². The Morgan fingerprint density at radius 1 is 1.04 bits per heavy atom. The Morgan fingerprint density at radius 2 is 1.76 bits per heavy atom. The van der Waals surface area contributed by atoms with E-state index in [0.717, 1.165) is 45.7 Å². The molecule has 25 heavy (non-hydrogen) atoms. The molecule has 1 aromatic heterocycles. The van der Waals surface area contributed by atoms with Crippen LogP contribution >= 0.6 is 11.3 Å². The Labute approximate surface area is 151 Å². The van der Waals surface area contributed by atoms with Crippen LogP contribution in [0, 0.1) is 10.1 Å². The first kappa shape index (κ1) is 17.8. The molecule has 1 saturated heterocycles. The molecule has 6 nitrogen and oxygen atoms in total. The number of nitro benzene ring substituents is 1. The van der Waals surface area contributed by atoms with Gasteiger partial charge in [0.05, 0.1) is 4.92 Å². The predicted octanol–water partition coefficient (Wildman–Crippen LogP) is 2.90. The van der Waals surface area contributed by atoms with Gasteiger partial charge in [-0.15, -0.1) is 11.3 Å². The van der Waals surface area contributed by atoms with E-state index in [0.29, 0.717) is 12.4 Å². The summed E-state index contributed by atoms with van der Waals surface area (Å²) in [6.45, 7) is 6.55. The van der Waals surface area contributed by atoms with Crippen LogP contribution in [0.1, 0.15) is 4.88 Å². The summed E-state index contributed by atoms with van der Waals surface area (Å²) in [5.41, 5.74) is 0.0286. The lowest BCUT2D eigenvalue weighted by Gasteiger charge is -2.34. The summed E-state index contributed by atoms with van der Waals surface area (Å²) in [4.78, 5) is 16.9. The largest absolute Gasteiger partial charge is 0.485 e.